The Bertz CT molecular complexity index is 715. The molecule has 0 aliphatic carbocycles. The summed E-state index contributed by atoms with van der Waals surface area (Å²) in [6, 6.07) is 15.6. The van der Waals surface area contributed by atoms with E-state index in [-0.39, 0.29) is 11.9 Å². The Hall–Kier alpha value is -2.33. The van der Waals surface area contributed by atoms with Gasteiger partial charge in [0.15, 0.2) is 0 Å². The molecule has 24 heavy (non-hydrogen) atoms. The predicted molar refractivity (Wildman–Crippen MR) is 96.3 cm³/mol. The van der Waals surface area contributed by atoms with Crippen molar-refractivity contribution >= 4 is 11.6 Å². The van der Waals surface area contributed by atoms with Gasteiger partial charge in [-0.1, -0.05) is 50.2 Å². The van der Waals surface area contributed by atoms with Crippen LogP contribution in [0.2, 0.25) is 0 Å². The fraction of sp³-hybridized carbons (Fsp3) is 0.350. The summed E-state index contributed by atoms with van der Waals surface area (Å²) in [6.07, 6.45) is 1.12. The van der Waals surface area contributed by atoms with Crippen molar-refractivity contribution in [3.8, 4) is 5.75 Å². The van der Waals surface area contributed by atoms with Crippen LogP contribution in [0.25, 0.3) is 0 Å². The van der Waals surface area contributed by atoms with Crippen LogP contribution in [0.5, 0.6) is 5.75 Å². The summed E-state index contributed by atoms with van der Waals surface area (Å²) in [5.41, 5.74) is 9.01. The van der Waals surface area contributed by atoms with Crippen LogP contribution < -0.4 is 15.4 Å². The maximum atomic E-state index is 13.1. The Morgan fingerprint density at radius 3 is 2.58 bits per heavy atom. The number of nitrogens with two attached hydrogens (primary N) is 1. The molecule has 126 valence electrons. The van der Waals surface area contributed by atoms with Gasteiger partial charge >= 0.3 is 0 Å². The molecule has 1 aliphatic rings. The summed E-state index contributed by atoms with van der Waals surface area (Å²) in [4.78, 5) is 14.9. The molecular formula is C20H24N2O2. The van der Waals surface area contributed by atoms with Crippen molar-refractivity contribution in [2.24, 2.45) is 5.73 Å². The maximum absolute atomic E-state index is 13.1. The summed E-state index contributed by atoms with van der Waals surface area (Å²) in [6.45, 7) is 4.64. The molecule has 0 radical (unpaired) electrons. The summed E-state index contributed by atoms with van der Waals surface area (Å²) in [7, 11) is 0. The van der Waals surface area contributed by atoms with E-state index in [2.05, 4.69) is 13.0 Å². The van der Waals surface area contributed by atoms with Crippen LogP contribution in [-0.2, 0) is 11.2 Å². The van der Waals surface area contributed by atoms with E-state index in [1.165, 1.54) is 5.56 Å². The summed E-state index contributed by atoms with van der Waals surface area (Å²) < 4.78 is 6.04. The Morgan fingerprint density at radius 1 is 1.17 bits per heavy atom. The molecule has 3 rings (SSSR count). The Labute approximate surface area is 143 Å². The smallest absolute Gasteiger partial charge is 0.272 e. The average molecular weight is 324 g/mol. The molecule has 2 atom stereocenters. The minimum absolute atomic E-state index is 0.0501. The zero-order valence-electron chi connectivity index (χ0n) is 14.2. The standard InChI is InChI=1S/C20H24N2O2/c1-3-14-10-11-18-17(12-14)22(13-16(21)4-2)20(23)19(24-18)15-8-6-5-7-9-15/h5-12,16,19H,3-4,13,21H2,1-2H3. The van der Waals surface area contributed by atoms with Gasteiger partial charge in [-0.05, 0) is 30.5 Å². The molecule has 1 heterocycles. The van der Waals surface area contributed by atoms with Crippen molar-refractivity contribution in [3.05, 3.63) is 59.7 Å². The molecule has 0 spiro atoms. The number of rotatable bonds is 5. The van der Waals surface area contributed by atoms with Gasteiger partial charge in [0, 0.05) is 18.2 Å². The molecule has 4 nitrogen and oxygen atoms in total. The lowest BCUT2D eigenvalue weighted by Crippen LogP contribution is -2.46. The highest BCUT2D eigenvalue weighted by atomic mass is 16.5. The number of carbonyl (C=O) groups excluding carboxylic acids is 1. The lowest BCUT2D eigenvalue weighted by Gasteiger charge is -2.36. The molecule has 0 bridgehead atoms. The molecule has 2 unspecified atom stereocenters. The van der Waals surface area contributed by atoms with Crippen LogP contribution in [0.4, 0.5) is 5.69 Å². The number of fused-ring (bicyclic) bond motifs is 1. The van der Waals surface area contributed by atoms with E-state index in [4.69, 9.17) is 10.5 Å². The number of benzene rings is 2. The first-order valence-corrected chi connectivity index (χ1v) is 8.55. The van der Waals surface area contributed by atoms with E-state index < -0.39 is 6.10 Å². The van der Waals surface area contributed by atoms with Crippen molar-refractivity contribution in [1.29, 1.82) is 0 Å². The highest BCUT2D eigenvalue weighted by Crippen LogP contribution is 2.39. The highest BCUT2D eigenvalue weighted by molar-refractivity contribution is 6.00. The summed E-state index contributed by atoms with van der Waals surface area (Å²) in [5, 5.41) is 0. The van der Waals surface area contributed by atoms with Gasteiger partial charge in [0.25, 0.3) is 5.91 Å². The molecular weight excluding hydrogens is 300 g/mol. The topological polar surface area (TPSA) is 55.6 Å². The number of nitrogens with zero attached hydrogens (tertiary/aromatic N) is 1. The van der Waals surface area contributed by atoms with Crippen LogP contribution in [0, 0.1) is 0 Å². The van der Waals surface area contributed by atoms with Crippen molar-refractivity contribution in [3.63, 3.8) is 0 Å². The number of carbonyl (C=O) groups is 1. The first-order valence-electron chi connectivity index (χ1n) is 8.55. The predicted octanol–water partition coefficient (Wildman–Crippen LogP) is 3.45. The molecule has 0 fully saturated rings. The van der Waals surface area contributed by atoms with Crippen LogP contribution >= 0.6 is 0 Å². The zero-order valence-corrected chi connectivity index (χ0v) is 14.2. The van der Waals surface area contributed by atoms with E-state index in [1.54, 1.807) is 4.90 Å². The second-order valence-corrected chi connectivity index (χ2v) is 6.18. The Kier molecular flexibility index (Phi) is 4.86. The van der Waals surface area contributed by atoms with E-state index in [0.29, 0.717) is 6.54 Å². The SMILES string of the molecule is CCc1ccc2c(c1)N(CC(N)CC)C(=O)C(c1ccccc1)O2. The fourth-order valence-electron chi connectivity index (χ4n) is 2.92. The minimum Gasteiger partial charge on any atom is -0.474 e. The summed E-state index contributed by atoms with van der Waals surface area (Å²) >= 11 is 0. The van der Waals surface area contributed by atoms with Crippen molar-refractivity contribution in [1.82, 2.24) is 0 Å². The van der Waals surface area contributed by atoms with E-state index in [9.17, 15) is 4.79 Å². The van der Waals surface area contributed by atoms with Crippen LogP contribution in [0.1, 0.15) is 37.5 Å². The van der Waals surface area contributed by atoms with E-state index in [1.807, 2.05) is 49.4 Å². The van der Waals surface area contributed by atoms with Crippen LogP contribution in [0.15, 0.2) is 48.5 Å². The Morgan fingerprint density at radius 2 is 1.92 bits per heavy atom. The monoisotopic (exact) mass is 324 g/mol. The quantitative estimate of drug-likeness (QED) is 0.916. The minimum atomic E-state index is -0.616. The third kappa shape index (κ3) is 3.15. The number of hydrogen-bond donors (Lipinski definition) is 1. The molecule has 1 amide bonds. The van der Waals surface area contributed by atoms with Gasteiger partial charge in [-0.15, -0.1) is 0 Å². The van der Waals surface area contributed by atoms with Gasteiger partial charge in [-0.2, -0.15) is 0 Å². The lowest BCUT2D eigenvalue weighted by molar-refractivity contribution is -0.126. The maximum Gasteiger partial charge on any atom is 0.272 e. The van der Waals surface area contributed by atoms with E-state index in [0.717, 1.165) is 29.8 Å². The molecule has 2 aromatic rings. The third-order valence-electron chi connectivity index (χ3n) is 4.50. The number of ether oxygens (including phenoxy) is 1. The van der Waals surface area contributed by atoms with Crippen molar-refractivity contribution < 1.29 is 9.53 Å². The molecule has 1 aliphatic heterocycles. The van der Waals surface area contributed by atoms with E-state index >= 15 is 0 Å². The molecule has 2 N–H and O–H groups in total. The number of hydrogen-bond acceptors (Lipinski definition) is 3. The lowest BCUT2D eigenvalue weighted by atomic mass is 10.0. The highest BCUT2D eigenvalue weighted by Gasteiger charge is 2.36. The van der Waals surface area contributed by atoms with Crippen LogP contribution in [0.3, 0.4) is 0 Å². The number of aryl methyl sites for hydroxylation is 1. The van der Waals surface area contributed by atoms with Gasteiger partial charge in [0.05, 0.1) is 5.69 Å². The second-order valence-electron chi connectivity index (χ2n) is 6.18. The fourth-order valence-corrected chi connectivity index (χ4v) is 2.92. The van der Waals surface area contributed by atoms with Gasteiger partial charge in [-0.25, -0.2) is 0 Å². The van der Waals surface area contributed by atoms with Gasteiger partial charge in [0.1, 0.15) is 5.75 Å². The van der Waals surface area contributed by atoms with Gasteiger partial charge < -0.3 is 15.4 Å². The third-order valence-corrected chi connectivity index (χ3v) is 4.50. The second kappa shape index (κ2) is 7.05. The molecule has 0 saturated carbocycles. The van der Waals surface area contributed by atoms with Gasteiger partial charge in [0.2, 0.25) is 6.10 Å². The molecule has 4 heteroatoms. The molecule has 2 aromatic carbocycles. The Balaban J connectivity index is 2.02. The number of anilines is 1. The number of amides is 1. The zero-order chi connectivity index (χ0) is 17.1. The largest absolute Gasteiger partial charge is 0.474 e. The molecule has 0 saturated heterocycles. The summed E-state index contributed by atoms with van der Waals surface area (Å²) in [5.74, 6) is 0.690. The van der Waals surface area contributed by atoms with Crippen molar-refractivity contribution in [2.45, 2.75) is 38.8 Å². The first kappa shape index (κ1) is 16.5. The average Bonchev–Trinajstić information content (AvgIpc) is 2.63. The van der Waals surface area contributed by atoms with Gasteiger partial charge in [-0.3, -0.25) is 4.79 Å². The van der Waals surface area contributed by atoms with Crippen LogP contribution in [-0.4, -0.2) is 18.5 Å². The first-order chi connectivity index (χ1) is 11.6. The molecule has 0 aromatic heterocycles. The van der Waals surface area contributed by atoms with Crippen molar-refractivity contribution in [2.75, 3.05) is 11.4 Å². The normalized spacial score (nSPS) is 18.0.